The number of aryl methyl sites for hydroxylation is 2. The fraction of sp³-hybridized carbons (Fsp3) is 0.611. The third-order valence-corrected chi connectivity index (χ3v) is 4.85. The van der Waals surface area contributed by atoms with Crippen LogP contribution in [-0.4, -0.2) is 36.0 Å². The highest BCUT2D eigenvalue weighted by molar-refractivity contribution is 5.85. The number of halogens is 1. The first kappa shape index (κ1) is 17.3. The van der Waals surface area contributed by atoms with Gasteiger partial charge in [-0.1, -0.05) is 29.8 Å². The van der Waals surface area contributed by atoms with Crippen molar-refractivity contribution in [1.29, 1.82) is 0 Å². The van der Waals surface area contributed by atoms with Crippen molar-refractivity contribution < 1.29 is 4.79 Å². The number of nitrogens with zero attached hydrogens (tertiary/aromatic N) is 1. The van der Waals surface area contributed by atoms with Crippen LogP contribution < -0.4 is 5.32 Å². The van der Waals surface area contributed by atoms with Crippen LogP contribution in [-0.2, 0) is 11.2 Å². The molecule has 1 amide bonds. The maximum atomic E-state index is 12.4. The molecular weight excluding hydrogens is 296 g/mol. The number of hydrogen-bond acceptors (Lipinski definition) is 2. The Morgan fingerprint density at radius 2 is 1.91 bits per heavy atom. The molecule has 2 aliphatic heterocycles. The molecule has 2 saturated heterocycles. The standard InChI is InChI=1S/C18H26N2O.ClH/c1-14-5-7-15(8-6-14)3-2-4-18(21)20-12-11-16-9-10-17(13-20)19-16;/h5-8,16-17,19H,2-4,9-13H2,1H3;1H. The normalized spacial score (nSPS) is 23.8. The summed E-state index contributed by atoms with van der Waals surface area (Å²) >= 11 is 0. The molecule has 3 nitrogen and oxygen atoms in total. The zero-order chi connectivity index (χ0) is 14.7. The molecule has 122 valence electrons. The molecule has 1 aromatic carbocycles. The van der Waals surface area contributed by atoms with Gasteiger partial charge in [0.15, 0.2) is 0 Å². The van der Waals surface area contributed by atoms with Gasteiger partial charge in [-0.2, -0.15) is 0 Å². The first-order chi connectivity index (χ1) is 10.2. The summed E-state index contributed by atoms with van der Waals surface area (Å²) in [5, 5.41) is 3.63. The maximum Gasteiger partial charge on any atom is 0.222 e. The molecule has 2 unspecified atom stereocenters. The Morgan fingerprint density at radius 3 is 2.68 bits per heavy atom. The lowest BCUT2D eigenvalue weighted by Crippen LogP contribution is -2.38. The third kappa shape index (κ3) is 4.47. The van der Waals surface area contributed by atoms with Gasteiger partial charge in [-0.3, -0.25) is 4.79 Å². The number of hydrogen-bond donors (Lipinski definition) is 1. The van der Waals surface area contributed by atoms with Crippen LogP contribution in [0.15, 0.2) is 24.3 Å². The van der Waals surface area contributed by atoms with Gasteiger partial charge in [0.25, 0.3) is 0 Å². The van der Waals surface area contributed by atoms with Gasteiger partial charge >= 0.3 is 0 Å². The van der Waals surface area contributed by atoms with Gasteiger partial charge < -0.3 is 10.2 Å². The Labute approximate surface area is 139 Å². The summed E-state index contributed by atoms with van der Waals surface area (Å²) in [7, 11) is 0. The summed E-state index contributed by atoms with van der Waals surface area (Å²) in [6.45, 7) is 3.96. The SMILES string of the molecule is Cc1ccc(CCCC(=O)N2CCC3CCC(C2)N3)cc1.Cl. The summed E-state index contributed by atoms with van der Waals surface area (Å²) in [6, 6.07) is 9.84. The van der Waals surface area contributed by atoms with Crippen molar-refractivity contribution in [3.05, 3.63) is 35.4 Å². The van der Waals surface area contributed by atoms with E-state index >= 15 is 0 Å². The summed E-state index contributed by atoms with van der Waals surface area (Å²) in [5.74, 6) is 0.344. The van der Waals surface area contributed by atoms with Gasteiger partial charge in [0.2, 0.25) is 5.91 Å². The molecule has 22 heavy (non-hydrogen) atoms. The van der Waals surface area contributed by atoms with Gasteiger partial charge in [-0.15, -0.1) is 12.4 Å². The van der Waals surface area contributed by atoms with Crippen LogP contribution in [0.1, 0.15) is 43.2 Å². The molecular formula is C18H27ClN2O. The van der Waals surface area contributed by atoms with Crippen molar-refractivity contribution in [2.24, 2.45) is 0 Å². The predicted octanol–water partition coefficient (Wildman–Crippen LogP) is 3.09. The van der Waals surface area contributed by atoms with Crippen molar-refractivity contribution in [2.45, 2.75) is 57.5 Å². The minimum absolute atomic E-state index is 0. The molecule has 4 heteroatoms. The van der Waals surface area contributed by atoms with Crippen molar-refractivity contribution in [3.8, 4) is 0 Å². The Bertz CT molecular complexity index is 488. The molecule has 2 heterocycles. The van der Waals surface area contributed by atoms with Crippen LogP contribution in [0.5, 0.6) is 0 Å². The molecule has 0 aliphatic carbocycles. The highest BCUT2D eigenvalue weighted by atomic mass is 35.5. The monoisotopic (exact) mass is 322 g/mol. The highest BCUT2D eigenvalue weighted by Crippen LogP contribution is 2.21. The van der Waals surface area contributed by atoms with Crippen LogP contribution in [0.25, 0.3) is 0 Å². The zero-order valence-corrected chi connectivity index (χ0v) is 14.2. The second-order valence-corrected chi connectivity index (χ2v) is 6.61. The first-order valence-corrected chi connectivity index (χ1v) is 8.30. The number of fused-ring (bicyclic) bond motifs is 2. The number of likely N-dealkylation sites (tertiary alicyclic amines) is 1. The number of carbonyl (C=O) groups excluding carboxylic acids is 1. The minimum atomic E-state index is 0. The lowest BCUT2D eigenvalue weighted by atomic mass is 10.1. The van der Waals surface area contributed by atoms with Crippen molar-refractivity contribution in [3.63, 3.8) is 0 Å². The molecule has 0 aromatic heterocycles. The number of benzene rings is 1. The minimum Gasteiger partial charge on any atom is -0.341 e. The van der Waals surface area contributed by atoms with E-state index in [0.717, 1.165) is 32.4 Å². The largest absolute Gasteiger partial charge is 0.341 e. The number of carbonyl (C=O) groups is 1. The van der Waals surface area contributed by atoms with Crippen molar-refractivity contribution >= 4 is 18.3 Å². The summed E-state index contributed by atoms with van der Waals surface area (Å²) in [6.07, 6.45) is 6.30. The van der Waals surface area contributed by atoms with Crippen LogP contribution >= 0.6 is 12.4 Å². The molecule has 0 spiro atoms. The van der Waals surface area contributed by atoms with E-state index in [1.165, 1.54) is 24.0 Å². The Hall–Kier alpha value is -1.06. The van der Waals surface area contributed by atoms with Crippen LogP contribution in [0.2, 0.25) is 0 Å². The highest BCUT2D eigenvalue weighted by Gasteiger charge is 2.30. The van der Waals surface area contributed by atoms with Crippen LogP contribution in [0, 0.1) is 6.92 Å². The first-order valence-electron chi connectivity index (χ1n) is 8.30. The second kappa shape index (κ2) is 7.98. The zero-order valence-electron chi connectivity index (χ0n) is 13.4. The molecule has 2 atom stereocenters. The maximum absolute atomic E-state index is 12.4. The van der Waals surface area contributed by atoms with Crippen molar-refractivity contribution in [2.75, 3.05) is 13.1 Å². The fourth-order valence-electron chi connectivity index (χ4n) is 3.53. The van der Waals surface area contributed by atoms with E-state index in [0.29, 0.717) is 24.4 Å². The molecule has 1 aromatic rings. The lowest BCUT2D eigenvalue weighted by Gasteiger charge is -2.24. The topological polar surface area (TPSA) is 32.3 Å². The molecule has 2 bridgehead atoms. The molecule has 2 aliphatic rings. The van der Waals surface area contributed by atoms with Gasteiger partial charge in [0, 0.05) is 31.6 Å². The van der Waals surface area contributed by atoms with Gasteiger partial charge in [-0.25, -0.2) is 0 Å². The van der Waals surface area contributed by atoms with Gasteiger partial charge in [-0.05, 0) is 44.6 Å². The Kier molecular flexibility index (Phi) is 6.27. The molecule has 1 N–H and O–H groups in total. The lowest BCUT2D eigenvalue weighted by molar-refractivity contribution is -0.131. The van der Waals surface area contributed by atoms with E-state index in [9.17, 15) is 4.79 Å². The van der Waals surface area contributed by atoms with Gasteiger partial charge in [0.1, 0.15) is 0 Å². The van der Waals surface area contributed by atoms with E-state index in [1.54, 1.807) is 0 Å². The van der Waals surface area contributed by atoms with Crippen LogP contribution in [0.3, 0.4) is 0 Å². The Balaban J connectivity index is 0.00000176. The molecule has 0 saturated carbocycles. The van der Waals surface area contributed by atoms with Gasteiger partial charge in [0.05, 0.1) is 0 Å². The summed E-state index contributed by atoms with van der Waals surface area (Å²) in [4.78, 5) is 14.5. The molecule has 0 radical (unpaired) electrons. The van der Waals surface area contributed by atoms with E-state index < -0.39 is 0 Å². The molecule has 2 fully saturated rings. The van der Waals surface area contributed by atoms with E-state index in [-0.39, 0.29) is 12.4 Å². The van der Waals surface area contributed by atoms with Crippen LogP contribution in [0.4, 0.5) is 0 Å². The number of amides is 1. The predicted molar refractivity (Wildman–Crippen MR) is 92.5 cm³/mol. The smallest absolute Gasteiger partial charge is 0.222 e. The molecule has 3 rings (SSSR count). The number of nitrogens with one attached hydrogen (secondary N) is 1. The average molecular weight is 323 g/mol. The summed E-state index contributed by atoms with van der Waals surface area (Å²) in [5.41, 5.74) is 2.63. The van der Waals surface area contributed by atoms with E-state index in [4.69, 9.17) is 0 Å². The van der Waals surface area contributed by atoms with Crippen molar-refractivity contribution in [1.82, 2.24) is 10.2 Å². The second-order valence-electron chi connectivity index (χ2n) is 6.61. The fourth-order valence-corrected chi connectivity index (χ4v) is 3.53. The van der Waals surface area contributed by atoms with E-state index in [1.807, 2.05) is 0 Å². The quantitative estimate of drug-likeness (QED) is 0.924. The average Bonchev–Trinajstić information content (AvgIpc) is 2.80. The number of rotatable bonds is 4. The Morgan fingerprint density at radius 1 is 1.18 bits per heavy atom. The van der Waals surface area contributed by atoms with E-state index in [2.05, 4.69) is 41.4 Å². The third-order valence-electron chi connectivity index (χ3n) is 4.85. The summed E-state index contributed by atoms with van der Waals surface area (Å²) < 4.78 is 0.